The summed E-state index contributed by atoms with van der Waals surface area (Å²) in [4.78, 5) is 24.3. The molecule has 0 bridgehead atoms. The predicted molar refractivity (Wildman–Crippen MR) is 103 cm³/mol. The molecule has 1 saturated heterocycles. The van der Waals surface area contributed by atoms with Crippen molar-refractivity contribution in [3.63, 3.8) is 0 Å². The van der Waals surface area contributed by atoms with Crippen LogP contribution in [0.3, 0.4) is 0 Å². The highest BCUT2D eigenvalue weighted by molar-refractivity contribution is 5.92. The first kappa shape index (κ1) is 24.1. The number of carbonyl (C=O) groups is 2. The first-order valence-electron chi connectivity index (χ1n) is 9.08. The fourth-order valence-corrected chi connectivity index (χ4v) is 3.19. The van der Waals surface area contributed by atoms with Crippen LogP contribution in [0.25, 0.3) is 0 Å². The Bertz CT molecular complexity index is 929. The van der Waals surface area contributed by atoms with Gasteiger partial charge in [-0.3, -0.25) is 14.6 Å². The number of pyridine rings is 1. The Hall–Kier alpha value is -3.21. The molecular weight excluding hydrogens is 422 g/mol. The van der Waals surface area contributed by atoms with Crippen molar-refractivity contribution in [2.75, 3.05) is 19.0 Å². The number of rotatable bonds is 6. The number of nitrogens with zero attached hydrogens (tertiary/aromatic N) is 1. The Morgan fingerprint density at radius 3 is 2.61 bits per heavy atom. The van der Waals surface area contributed by atoms with E-state index in [4.69, 9.17) is 15.2 Å². The normalized spacial score (nSPS) is 20.0. The molecule has 3 unspecified atom stereocenters. The standard InChI is InChI=1S/C13H14F4O2.C7H7N3O2/c1-6-8(5-19-11(6)13(16)17)7-3-4-9(14)10(15)12(7)18-2;8-7(12)6-3-5(10-4-11)1-2-9-6/h3-4,6,8,11,13H,5H2,1-2H3;1-4H,(H2,8,12)(H,9,10,11). The van der Waals surface area contributed by atoms with Gasteiger partial charge in [0, 0.05) is 23.4 Å². The van der Waals surface area contributed by atoms with Gasteiger partial charge in [-0.2, -0.15) is 4.39 Å². The monoisotopic (exact) mass is 443 g/mol. The van der Waals surface area contributed by atoms with E-state index in [1.807, 2.05) is 0 Å². The number of alkyl halides is 2. The third-order valence-corrected chi connectivity index (χ3v) is 4.79. The molecule has 2 aromatic rings. The van der Waals surface area contributed by atoms with E-state index < -0.39 is 41.9 Å². The van der Waals surface area contributed by atoms with E-state index in [0.29, 0.717) is 17.7 Å². The molecule has 0 saturated carbocycles. The number of carbonyl (C=O) groups excluding carboxylic acids is 2. The number of primary amides is 1. The van der Waals surface area contributed by atoms with Crippen LogP contribution in [-0.4, -0.2) is 43.5 Å². The average molecular weight is 443 g/mol. The lowest BCUT2D eigenvalue weighted by molar-refractivity contribution is -0.105. The van der Waals surface area contributed by atoms with Crippen molar-refractivity contribution in [1.29, 1.82) is 0 Å². The van der Waals surface area contributed by atoms with Crippen molar-refractivity contribution in [3.8, 4) is 5.75 Å². The van der Waals surface area contributed by atoms with Gasteiger partial charge in [0.05, 0.1) is 13.7 Å². The molecule has 1 aromatic heterocycles. The fraction of sp³-hybridized carbons (Fsp3) is 0.350. The quantitative estimate of drug-likeness (QED) is 0.528. The lowest BCUT2D eigenvalue weighted by Crippen LogP contribution is -2.24. The summed E-state index contributed by atoms with van der Waals surface area (Å²) >= 11 is 0. The molecule has 1 aliphatic rings. The second-order valence-electron chi connectivity index (χ2n) is 6.64. The molecule has 0 spiro atoms. The van der Waals surface area contributed by atoms with E-state index >= 15 is 0 Å². The van der Waals surface area contributed by atoms with Crippen LogP contribution in [0.1, 0.15) is 28.9 Å². The number of methoxy groups -OCH3 is 1. The SMILES string of the molecule is COc1c(C2COC(C(F)F)C2C)ccc(F)c1F.NC(=O)c1cc(NC=O)ccn1. The molecule has 11 heteroatoms. The van der Waals surface area contributed by atoms with Gasteiger partial charge >= 0.3 is 0 Å². The van der Waals surface area contributed by atoms with Crippen LogP contribution in [0.5, 0.6) is 5.75 Å². The highest BCUT2D eigenvalue weighted by Crippen LogP contribution is 2.42. The van der Waals surface area contributed by atoms with Gasteiger partial charge < -0.3 is 20.5 Å². The first-order chi connectivity index (χ1) is 14.7. The van der Waals surface area contributed by atoms with Gasteiger partial charge in [-0.15, -0.1) is 0 Å². The number of nitrogens with one attached hydrogen (secondary N) is 1. The molecule has 2 heterocycles. The third kappa shape index (κ3) is 5.69. The number of hydrogen-bond acceptors (Lipinski definition) is 5. The number of hydrogen-bond donors (Lipinski definition) is 2. The lowest BCUT2D eigenvalue weighted by atomic mass is 9.86. The van der Waals surface area contributed by atoms with E-state index in [-0.39, 0.29) is 18.1 Å². The van der Waals surface area contributed by atoms with Gasteiger partial charge in [-0.25, -0.2) is 13.2 Å². The largest absolute Gasteiger partial charge is 0.493 e. The van der Waals surface area contributed by atoms with Gasteiger partial charge in [-0.1, -0.05) is 13.0 Å². The van der Waals surface area contributed by atoms with Gasteiger partial charge in [0.15, 0.2) is 11.6 Å². The molecule has 0 radical (unpaired) electrons. The fourth-order valence-electron chi connectivity index (χ4n) is 3.19. The van der Waals surface area contributed by atoms with E-state index in [9.17, 15) is 27.2 Å². The maximum Gasteiger partial charge on any atom is 0.267 e. The second-order valence-corrected chi connectivity index (χ2v) is 6.64. The minimum absolute atomic E-state index is 0.0393. The minimum atomic E-state index is -2.60. The van der Waals surface area contributed by atoms with Crippen molar-refractivity contribution in [2.24, 2.45) is 11.7 Å². The molecule has 1 aromatic carbocycles. The number of aromatic nitrogens is 1. The van der Waals surface area contributed by atoms with Gasteiger partial charge in [0.25, 0.3) is 12.3 Å². The van der Waals surface area contributed by atoms with Crippen LogP contribution in [0, 0.1) is 17.6 Å². The zero-order valence-electron chi connectivity index (χ0n) is 16.7. The van der Waals surface area contributed by atoms with Gasteiger partial charge in [-0.05, 0) is 24.1 Å². The van der Waals surface area contributed by atoms with Crippen LogP contribution in [0.4, 0.5) is 23.2 Å². The molecule has 2 amide bonds. The molecular formula is C20H21F4N3O4. The summed E-state index contributed by atoms with van der Waals surface area (Å²) in [5.74, 6) is -3.94. The first-order valence-corrected chi connectivity index (χ1v) is 9.08. The lowest BCUT2D eigenvalue weighted by Gasteiger charge is -2.20. The third-order valence-electron chi connectivity index (χ3n) is 4.79. The van der Waals surface area contributed by atoms with Crippen LogP contribution in [0.2, 0.25) is 0 Å². The zero-order chi connectivity index (χ0) is 23.1. The summed E-state index contributed by atoms with van der Waals surface area (Å²) < 4.78 is 62.1. The van der Waals surface area contributed by atoms with Gasteiger partial charge in [0.2, 0.25) is 12.2 Å². The summed E-state index contributed by atoms with van der Waals surface area (Å²) in [5, 5.41) is 2.37. The molecule has 1 aliphatic heterocycles. The highest BCUT2D eigenvalue weighted by atomic mass is 19.3. The van der Waals surface area contributed by atoms with Crippen LogP contribution >= 0.6 is 0 Å². The maximum atomic E-state index is 13.6. The van der Waals surface area contributed by atoms with E-state index in [1.165, 1.54) is 25.4 Å². The number of amides is 2. The van der Waals surface area contributed by atoms with Crippen molar-refractivity contribution in [3.05, 3.63) is 53.4 Å². The van der Waals surface area contributed by atoms with E-state index in [2.05, 4.69) is 10.3 Å². The Balaban J connectivity index is 0.000000245. The number of benzene rings is 1. The van der Waals surface area contributed by atoms with Crippen LogP contribution in [-0.2, 0) is 9.53 Å². The average Bonchev–Trinajstić information content (AvgIpc) is 3.12. The molecule has 3 atom stereocenters. The number of nitrogens with two attached hydrogens (primary N) is 1. The number of ether oxygens (including phenoxy) is 2. The van der Waals surface area contributed by atoms with Crippen LogP contribution < -0.4 is 15.8 Å². The molecule has 168 valence electrons. The second kappa shape index (κ2) is 10.7. The van der Waals surface area contributed by atoms with Crippen molar-refractivity contribution in [2.45, 2.75) is 25.4 Å². The summed E-state index contributed by atoms with van der Waals surface area (Å²) in [6.07, 6.45) is -1.88. The molecule has 3 N–H and O–H groups in total. The van der Waals surface area contributed by atoms with Crippen molar-refractivity contribution < 1.29 is 36.6 Å². The Morgan fingerprint density at radius 2 is 2.06 bits per heavy atom. The van der Waals surface area contributed by atoms with Crippen LogP contribution in [0.15, 0.2) is 30.5 Å². The number of halogens is 4. The number of anilines is 1. The van der Waals surface area contributed by atoms with Crippen molar-refractivity contribution in [1.82, 2.24) is 4.98 Å². The summed E-state index contributed by atoms with van der Waals surface area (Å²) in [6.45, 7) is 1.65. The molecule has 3 rings (SSSR count). The summed E-state index contributed by atoms with van der Waals surface area (Å²) in [5.41, 5.74) is 5.94. The summed E-state index contributed by atoms with van der Waals surface area (Å²) in [6, 6.07) is 5.28. The molecule has 0 aliphatic carbocycles. The predicted octanol–water partition coefficient (Wildman–Crippen LogP) is 3.11. The molecule has 7 nitrogen and oxygen atoms in total. The van der Waals surface area contributed by atoms with E-state index in [0.717, 1.165) is 6.07 Å². The minimum Gasteiger partial charge on any atom is -0.493 e. The molecule has 31 heavy (non-hydrogen) atoms. The maximum absolute atomic E-state index is 13.6. The Labute approximate surface area is 175 Å². The summed E-state index contributed by atoms with van der Waals surface area (Å²) in [7, 11) is 1.21. The molecule has 1 fully saturated rings. The topological polar surface area (TPSA) is 104 Å². The van der Waals surface area contributed by atoms with Gasteiger partial charge in [0.1, 0.15) is 11.8 Å². The highest BCUT2D eigenvalue weighted by Gasteiger charge is 2.41. The zero-order valence-corrected chi connectivity index (χ0v) is 16.7. The van der Waals surface area contributed by atoms with Crippen molar-refractivity contribution >= 4 is 18.0 Å². The Morgan fingerprint density at radius 1 is 1.35 bits per heavy atom. The van der Waals surface area contributed by atoms with E-state index in [1.54, 1.807) is 13.0 Å². The smallest absolute Gasteiger partial charge is 0.267 e. The Kier molecular flexibility index (Phi) is 8.31.